The van der Waals surface area contributed by atoms with E-state index in [1.165, 1.54) is 0 Å². The van der Waals surface area contributed by atoms with Crippen LogP contribution in [0.25, 0.3) is 11.0 Å². The largest absolute Gasteiger partial charge is 0.485 e. The Kier molecular flexibility index (Phi) is 4.73. The van der Waals surface area contributed by atoms with Crippen LogP contribution < -0.4 is 10.2 Å². The fraction of sp³-hybridized carbons (Fsp3) is 0.125. The van der Waals surface area contributed by atoms with Crippen LogP contribution >= 0.6 is 0 Å². The SMILES string of the molecule is O=C(Cn1cnc2ccccc21)N/N=C1/C[C@@H](c2ccccc2)Oc2ccccc21. The Bertz CT molecular complexity index is 1230. The Hall–Kier alpha value is -3.93. The number of carbonyl (C=O) groups is 1. The van der Waals surface area contributed by atoms with Crippen molar-refractivity contribution in [3.63, 3.8) is 0 Å². The zero-order valence-corrected chi connectivity index (χ0v) is 16.2. The topological polar surface area (TPSA) is 68.5 Å². The molecule has 30 heavy (non-hydrogen) atoms. The molecule has 1 aliphatic heterocycles. The number of hydrogen-bond acceptors (Lipinski definition) is 4. The van der Waals surface area contributed by atoms with E-state index in [9.17, 15) is 4.79 Å². The molecule has 1 amide bonds. The molecule has 148 valence electrons. The first-order valence-corrected chi connectivity index (χ1v) is 9.84. The zero-order chi connectivity index (χ0) is 20.3. The van der Waals surface area contributed by atoms with Crippen molar-refractivity contribution in [3.05, 3.63) is 96.3 Å². The molecular weight excluding hydrogens is 376 g/mol. The lowest BCUT2D eigenvalue weighted by Crippen LogP contribution is -2.27. The molecule has 1 aromatic heterocycles. The van der Waals surface area contributed by atoms with Crippen LogP contribution in [0.15, 0.2) is 90.3 Å². The minimum Gasteiger partial charge on any atom is -0.485 e. The van der Waals surface area contributed by atoms with Crippen LogP contribution in [0, 0.1) is 0 Å². The van der Waals surface area contributed by atoms with Gasteiger partial charge in [-0.1, -0.05) is 54.6 Å². The Morgan fingerprint density at radius 2 is 1.80 bits per heavy atom. The maximum atomic E-state index is 12.6. The predicted molar refractivity (Wildman–Crippen MR) is 115 cm³/mol. The highest BCUT2D eigenvalue weighted by Crippen LogP contribution is 2.34. The molecule has 2 heterocycles. The van der Waals surface area contributed by atoms with Crippen molar-refractivity contribution in [2.45, 2.75) is 19.1 Å². The van der Waals surface area contributed by atoms with Crippen LogP contribution in [0.3, 0.4) is 0 Å². The quantitative estimate of drug-likeness (QED) is 0.529. The van der Waals surface area contributed by atoms with E-state index in [-0.39, 0.29) is 18.6 Å². The number of rotatable bonds is 4. The van der Waals surface area contributed by atoms with Gasteiger partial charge in [0.1, 0.15) is 18.4 Å². The Balaban J connectivity index is 1.37. The molecular formula is C24H20N4O2. The summed E-state index contributed by atoms with van der Waals surface area (Å²) >= 11 is 0. The van der Waals surface area contributed by atoms with Gasteiger partial charge in [0, 0.05) is 12.0 Å². The standard InChI is InChI=1S/C24H20N4O2/c29-24(15-28-16-25-19-11-5-6-12-21(19)28)27-26-20-14-23(17-8-2-1-3-9-17)30-22-13-7-4-10-18(20)22/h1-13,16,23H,14-15H2,(H,27,29)/b26-20-/t23-/m0/s1. The number of benzene rings is 3. The molecule has 0 aliphatic carbocycles. The first-order valence-electron chi connectivity index (χ1n) is 9.84. The van der Waals surface area contributed by atoms with Gasteiger partial charge in [-0.2, -0.15) is 5.10 Å². The van der Waals surface area contributed by atoms with Crippen LogP contribution in [-0.4, -0.2) is 21.2 Å². The van der Waals surface area contributed by atoms with Crippen molar-refractivity contribution in [1.82, 2.24) is 15.0 Å². The molecule has 3 aromatic carbocycles. The van der Waals surface area contributed by atoms with E-state index in [0.717, 1.165) is 33.6 Å². The zero-order valence-electron chi connectivity index (χ0n) is 16.2. The Morgan fingerprint density at radius 1 is 1.03 bits per heavy atom. The van der Waals surface area contributed by atoms with Gasteiger partial charge >= 0.3 is 0 Å². The van der Waals surface area contributed by atoms with Gasteiger partial charge in [0.2, 0.25) is 0 Å². The number of nitrogens with one attached hydrogen (secondary N) is 1. The summed E-state index contributed by atoms with van der Waals surface area (Å²) in [4.78, 5) is 16.9. The van der Waals surface area contributed by atoms with Gasteiger partial charge in [0.25, 0.3) is 5.91 Å². The maximum absolute atomic E-state index is 12.6. The Labute approximate surface area is 173 Å². The van der Waals surface area contributed by atoms with E-state index in [1.54, 1.807) is 6.33 Å². The van der Waals surface area contributed by atoms with Crippen LogP contribution in [0.2, 0.25) is 0 Å². The summed E-state index contributed by atoms with van der Waals surface area (Å²) in [6, 6.07) is 25.6. The molecule has 1 aliphatic rings. The summed E-state index contributed by atoms with van der Waals surface area (Å²) in [6.07, 6.45) is 2.11. The highest BCUT2D eigenvalue weighted by molar-refractivity contribution is 6.04. The minimum absolute atomic E-state index is 0.144. The molecule has 0 fully saturated rings. The first-order chi connectivity index (χ1) is 14.8. The molecule has 0 radical (unpaired) electrons. The molecule has 6 nitrogen and oxygen atoms in total. The molecule has 1 atom stereocenters. The third-order valence-electron chi connectivity index (χ3n) is 5.17. The first kappa shape index (κ1) is 18.1. The van der Waals surface area contributed by atoms with Crippen molar-refractivity contribution in [3.8, 4) is 5.75 Å². The highest BCUT2D eigenvalue weighted by Gasteiger charge is 2.26. The molecule has 6 heteroatoms. The van der Waals surface area contributed by atoms with E-state index < -0.39 is 0 Å². The summed E-state index contributed by atoms with van der Waals surface area (Å²) in [5.74, 6) is 0.567. The number of fused-ring (bicyclic) bond motifs is 2. The number of amides is 1. The summed E-state index contributed by atoms with van der Waals surface area (Å²) in [6.45, 7) is 0.150. The van der Waals surface area contributed by atoms with E-state index in [1.807, 2.05) is 83.4 Å². The number of hydrogen-bond donors (Lipinski definition) is 1. The second-order valence-electron chi connectivity index (χ2n) is 7.17. The number of ether oxygens (including phenoxy) is 1. The maximum Gasteiger partial charge on any atom is 0.260 e. The van der Waals surface area contributed by atoms with Gasteiger partial charge in [-0.05, 0) is 29.8 Å². The lowest BCUT2D eigenvalue weighted by molar-refractivity contribution is -0.121. The monoisotopic (exact) mass is 396 g/mol. The number of para-hydroxylation sites is 3. The Morgan fingerprint density at radius 3 is 2.70 bits per heavy atom. The summed E-state index contributed by atoms with van der Waals surface area (Å²) in [5.41, 5.74) is 7.27. The van der Waals surface area contributed by atoms with E-state index in [2.05, 4.69) is 15.5 Å². The van der Waals surface area contributed by atoms with Gasteiger partial charge in [0.15, 0.2) is 0 Å². The van der Waals surface area contributed by atoms with Crippen LogP contribution in [0.4, 0.5) is 0 Å². The third kappa shape index (κ3) is 3.55. The highest BCUT2D eigenvalue weighted by atomic mass is 16.5. The van der Waals surface area contributed by atoms with E-state index in [0.29, 0.717) is 6.42 Å². The molecule has 1 N–H and O–H groups in total. The number of carbonyl (C=O) groups excluding carboxylic acids is 1. The molecule has 4 aromatic rings. The summed E-state index contributed by atoms with van der Waals surface area (Å²) in [5, 5.41) is 4.46. The molecule has 0 bridgehead atoms. The number of imidazole rings is 1. The smallest absolute Gasteiger partial charge is 0.260 e. The molecule has 0 saturated carbocycles. The molecule has 0 spiro atoms. The van der Waals surface area contributed by atoms with Crippen molar-refractivity contribution >= 4 is 22.7 Å². The summed E-state index contributed by atoms with van der Waals surface area (Å²) < 4.78 is 8.00. The second kappa shape index (κ2) is 7.83. The normalized spacial score (nSPS) is 16.8. The number of aromatic nitrogens is 2. The average Bonchev–Trinajstić information content (AvgIpc) is 3.20. The fourth-order valence-corrected chi connectivity index (χ4v) is 3.70. The van der Waals surface area contributed by atoms with Crippen LogP contribution in [0.1, 0.15) is 23.7 Å². The third-order valence-corrected chi connectivity index (χ3v) is 5.17. The van der Waals surface area contributed by atoms with E-state index in [4.69, 9.17) is 4.74 Å². The molecule has 0 saturated heterocycles. The second-order valence-corrected chi connectivity index (χ2v) is 7.17. The number of hydrazone groups is 1. The average molecular weight is 396 g/mol. The lowest BCUT2D eigenvalue weighted by Gasteiger charge is -2.27. The van der Waals surface area contributed by atoms with Crippen molar-refractivity contribution in [1.29, 1.82) is 0 Å². The number of nitrogens with zero attached hydrogens (tertiary/aromatic N) is 3. The van der Waals surface area contributed by atoms with Crippen molar-refractivity contribution < 1.29 is 9.53 Å². The van der Waals surface area contributed by atoms with Crippen LogP contribution in [0.5, 0.6) is 5.75 Å². The molecule has 5 rings (SSSR count). The van der Waals surface area contributed by atoms with Gasteiger partial charge in [-0.15, -0.1) is 0 Å². The van der Waals surface area contributed by atoms with Gasteiger partial charge in [-0.25, -0.2) is 10.4 Å². The lowest BCUT2D eigenvalue weighted by atomic mass is 9.96. The minimum atomic E-state index is -0.203. The van der Waals surface area contributed by atoms with Gasteiger partial charge < -0.3 is 9.30 Å². The van der Waals surface area contributed by atoms with Crippen molar-refractivity contribution in [2.75, 3.05) is 0 Å². The van der Waals surface area contributed by atoms with Gasteiger partial charge in [-0.3, -0.25) is 4.79 Å². The molecule has 0 unspecified atom stereocenters. The van der Waals surface area contributed by atoms with Crippen LogP contribution in [-0.2, 0) is 11.3 Å². The fourth-order valence-electron chi connectivity index (χ4n) is 3.70. The summed E-state index contributed by atoms with van der Waals surface area (Å²) in [7, 11) is 0. The van der Waals surface area contributed by atoms with Gasteiger partial charge in [0.05, 0.1) is 23.1 Å². The van der Waals surface area contributed by atoms with E-state index >= 15 is 0 Å². The predicted octanol–water partition coefficient (Wildman–Crippen LogP) is 4.08. The van der Waals surface area contributed by atoms with Crippen molar-refractivity contribution in [2.24, 2.45) is 5.10 Å².